The number of carbonyl (C=O) groups excluding carboxylic acids is 1. The van der Waals surface area contributed by atoms with Gasteiger partial charge in [-0.15, -0.1) is 0 Å². The Labute approximate surface area is 250 Å². The Hall–Kier alpha value is -0.870. The van der Waals surface area contributed by atoms with Gasteiger partial charge in [0.05, 0.1) is 18.8 Å². The number of unbranched alkanes of at least 4 members (excludes halogenated alkanes) is 25. The average Bonchev–Trinajstić information content (AvgIpc) is 2.96. The van der Waals surface area contributed by atoms with Gasteiger partial charge in [0.25, 0.3) is 0 Å². The smallest absolute Gasteiger partial charge is 0.220 e. The van der Waals surface area contributed by atoms with Crippen molar-refractivity contribution >= 4 is 5.91 Å². The minimum Gasteiger partial charge on any atom is -0.394 e. The van der Waals surface area contributed by atoms with Crippen LogP contribution in [0.15, 0.2) is 12.2 Å². The first kappa shape index (κ1) is 39.1. The summed E-state index contributed by atoms with van der Waals surface area (Å²) in [5.41, 5.74) is 0. The van der Waals surface area contributed by atoms with E-state index in [1.807, 2.05) is 6.08 Å². The van der Waals surface area contributed by atoms with E-state index in [0.29, 0.717) is 6.42 Å². The third-order valence-corrected chi connectivity index (χ3v) is 8.27. The van der Waals surface area contributed by atoms with Crippen molar-refractivity contribution < 1.29 is 15.0 Å². The Kier molecular flexibility index (Phi) is 31.9. The van der Waals surface area contributed by atoms with Crippen molar-refractivity contribution in [3.05, 3.63) is 12.2 Å². The molecule has 0 aliphatic heterocycles. The first-order valence-electron chi connectivity index (χ1n) is 17.9. The van der Waals surface area contributed by atoms with Gasteiger partial charge in [-0.3, -0.25) is 4.79 Å². The zero-order valence-corrected chi connectivity index (χ0v) is 27.1. The molecule has 3 N–H and O–H groups in total. The summed E-state index contributed by atoms with van der Waals surface area (Å²) < 4.78 is 0. The van der Waals surface area contributed by atoms with Gasteiger partial charge >= 0.3 is 0 Å². The highest BCUT2D eigenvalue weighted by molar-refractivity contribution is 5.76. The van der Waals surface area contributed by atoms with Crippen LogP contribution in [-0.2, 0) is 4.79 Å². The van der Waals surface area contributed by atoms with Crippen LogP contribution in [0.2, 0.25) is 0 Å². The Morgan fingerprint density at radius 3 is 1.30 bits per heavy atom. The molecule has 0 aliphatic rings. The molecule has 40 heavy (non-hydrogen) atoms. The van der Waals surface area contributed by atoms with Crippen molar-refractivity contribution in [1.29, 1.82) is 0 Å². The summed E-state index contributed by atoms with van der Waals surface area (Å²) in [6, 6.07) is -0.614. The minimum absolute atomic E-state index is 0.0634. The molecule has 0 aromatic heterocycles. The highest BCUT2D eigenvalue weighted by atomic mass is 16.3. The first-order valence-corrected chi connectivity index (χ1v) is 17.9. The van der Waals surface area contributed by atoms with E-state index in [4.69, 9.17) is 0 Å². The number of aliphatic hydroxyl groups is 2. The molecule has 0 spiro atoms. The number of hydrogen-bond acceptors (Lipinski definition) is 3. The van der Waals surface area contributed by atoms with Crippen LogP contribution in [0.1, 0.15) is 194 Å². The quantitative estimate of drug-likeness (QED) is 0.0561. The SMILES string of the molecule is CCCCCCCCCCCCCC=C[C@@H](O)[C@H](CO)NC(=O)CCCCCCCCCCCCCCCCC. The Bertz CT molecular complexity index is 536. The van der Waals surface area contributed by atoms with Crippen molar-refractivity contribution in [3.63, 3.8) is 0 Å². The molecule has 4 nitrogen and oxygen atoms in total. The van der Waals surface area contributed by atoms with Crippen LogP contribution in [0.25, 0.3) is 0 Å². The molecule has 238 valence electrons. The van der Waals surface area contributed by atoms with E-state index in [9.17, 15) is 15.0 Å². The molecule has 0 bridgehead atoms. The van der Waals surface area contributed by atoms with Gasteiger partial charge in [0, 0.05) is 6.42 Å². The molecule has 4 heteroatoms. The van der Waals surface area contributed by atoms with Crippen molar-refractivity contribution in [1.82, 2.24) is 5.32 Å². The predicted octanol–water partition coefficient (Wildman–Crippen LogP) is 10.3. The largest absolute Gasteiger partial charge is 0.394 e. The lowest BCUT2D eigenvalue weighted by atomic mass is 10.0. The zero-order valence-electron chi connectivity index (χ0n) is 27.1. The highest BCUT2D eigenvalue weighted by Crippen LogP contribution is 2.14. The van der Waals surface area contributed by atoms with E-state index < -0.39 is 12.1 Å². The second-order valence-corrected chi connectivity index (χ2v) is 12.3. The molecule has 0 rings (SSSR count). The average molecular weight is 566 g/mol. The standard InChI is InChI=1S/C36H71NO3/c1-3-5-7-9-11-13-15-17-18-20-22-24-26-28-30-32-36(40)37-34(33-38)35(39)31-29-27-25-23-21-19-16-14-12-10-8-6-4-2/h29,31,34-35,38-39H,3-28,30,32-33H2,1-2H3,(H,37,40)/t34-,35+/m0/s1. The van der Waals surface area contributed by atoms with E-state index in [1.54, 1.807) is 6.08 Å². The second-order valence-electron chi connectivity index (χ2n) is 12.3. The monoisotopic (exact) mass is 566 g/mol. The van der Waals surface area contributed by atoms with Crippen molar-refractivity contribution in [3.8, 4) is 0 Å². The predicted molar refractivity (Wildman–Crippen MR) is 175 cm³/mol. The molecule has 2 atom stereocenters. The number of aliphatic hydroxyl groups excluding tert-OH is 2. The Morgan fingerprint density at radius 1 is 0.575 bits per heavy atom. The number of allylic oxidation sites excluding steroid dienone is 1. The lowest BCUT2D eigenvalue weighted by Gasteiger charge is -2.20. The topological polar surface area (TPSA) is 69.6 Å². The van der Waals surface area contributed by atoms with E-state index in [0.717, 1.165) is 25.7 Å². The molecule has 1 amide bonds. The molecule has 0 unspecified atom stereocenters. The normalized spacial score (nSPS) is 13.2. The maximum Gasteiger partial charge on any atom is 0.220 e. The summed E-state index contributed by atoms with van der Waals surface area (Å²) in [6.45, 7) is 4.30. The number of amides is 1. The maximum absolute atomic E-state index is 12.3. The van der Waals surface area contributed by atoms with Crippen LogP contribution in [0.5, 0.6) is 0 Å². The molecule has 0 saturated heterocycles. The van der Waals surface area contributed by atoms with Gasteiger partial charge in [-0.25, -0.2) is 0 Å². The number of rotatable bonds is 32. The van der Waals surface area contributed by atoms with E-state index >= 15 is 0 Å². The summed E-state index contributed by atoms with van der Waals surface area (Å²) in [6.07, 6.45) is 38.6. The molecular formula is C36H71NO3. The molecule has 0 aromatic rings. The van der Waals surface area contributed by atoms with E-state index in [-0.39, 0.29) is 12.5 Å². The lowest BCUT2D eigenvalue weighted by molar-refractivity contribution is -0.123. The Balaban J connectivity index is 3.60. The van der Waals surface area contributed by atoms with Crippen LogP contribution < -0.4 is 5.32 Å². The second kappa shape index (κ2) is 32.6. The molecule has 0 aromatic carbocycles. The minimum atomic E-state index is -0.831. The zero-order chi connectivity index (χ0) is 29.4. The number of carbonyl (C=O) groups is 1. The van der Waals surface area contributed by atoms with Gasteiger partial charge in [-0.05, 0) is 19.3 Å². The third kappa shape index (κ3) is 28.7. The number of nitrogens with one attached hydrogen (secondary N) is 1. The van der Waals surface area contributed by atoms with Crippen molar-refractivity contribution in [2.75, 3.05) is 6.61 Å². The van der Waals surface area contributed by atoms with Crippen LogP contribution in [0.4, 0.5) is 0 Å². The highest BCUT2D eigenvalue weighted by Gasteiger charge is 2.17. The van der Waals surface area contributed by atoms with E-state index in [1.165, 1.54) is 148 Å². The summed E-state index contributed by atoms with van der Waals surface area (Å²) in [5, 5.41) is 22.8. The van der Waals surface area contributed by atoms with Crippen molar-refractivity contribution in [2.24, 2.45) is 0 Å². The molecule has 0 saturated carbocycles. The van der Waals surface area contributed by atoms with Crippen LogP contribution in [0, 0.1) is 0 Å². The summed E-state index contributed by atoms with van der Waals surface area (Å²) >= 11 is 0. The molecule has 0 heterocycles. The fourth-order valence-electron chi connectivity index (χ4n) is 5.47. The fourth-order valence-corrected chi connectivity index (χ4v) is 5.47. The summed E-state index contributed by atoms with van der Waals surface area (Å²) in [5.74, 6) is -0.0634. The third-order valence-electron chi connectivity index (χ3n) is 8.27. The van der Waals surface area contributed by atoms with Gasteiger partial charge < -0.3 is 15.5 Å². The van der Waals surface area contributed by atoms with Crippen LogP contribution in [-0.4, -0.2) is 34.9 Å². The first-order chi connectivity index (χ1) is 19.7. The molecule has 0 aliphatic carbocycles. The summed E-state index contributed by atoms with van der Waals surface area (Å²) in [7, 11) is 0. The fraction of sp³-hybridized carbons (Fsp3) is 0.917. The van der Waals surface area contributed by atoms with Gasteiger partial charge in [0.15, 0.2) is 0 Å². The maximum atomic E-state index is 12.3. The Morgan fingerprint density at radius 2 is 0.925 bits per heavy atom. The van der Waals surface area contributed by atoms with E-state index in [2.05, 4.69) is 19.2 Å². The molecule has 0 radical (unpaired) electrons. The van der Waals surface area contributed by atoms with Gasteiger partial charge in [0.2, 0.25) is 5.91 Å². The van der Waals surface area contributed by atoms with Crippen molar-refractivity contribution in [2.45, 2.75) is 206 Å². The van der Waals surface area contributed by atoms with Gasteiger partial charge in [-0.1, -0.05) is 180 Å². The number of hydrogen-bond donors (Lipinski definition) is 3. The van der Waals surface area contributed by atoms with Crippen LogP contribution in [0.3, 0.4) is 0 Å². The molecule has 0 fully saturated rings. The van der Waals surface area contributed by atoms with Gasteiger partial charge in [-0.2, -0.15) is 0 Å². The molecular weight excluding hydrogens is 494 g/mol. The van der Waals surface area contributed by atoms with Crippen LogP contribution >= 0.6 is 0 Å². The lowest BCUT2D eigenvalue weighted by Crippen LogP contribution is -2.45. The van der Waals surface area contributed by atoms with Gasteiger partial charge in [0.1, 0.15) is 0 Å². The summed E-state index contributed by atoms with van der Waals surface area (Å²) in [4.78, 5) is 12.3.